The number of carbonyl (C=O) groups excluding carboxylic acids is 2. The smallest absolute Gasteiger partial charge is 0.184 e. The van der Waals surface area contributed by atoms with E-state index < -0.39 is 20.8 Å². The van der Waals surface area contributed by atoms with Gasteiger partial charge in [-0.3, -0.25) is 9.59 Å². The molecule has 3 atom stereocenters. The summed E-state index contributed by atoms with van der Waals surface area (Å²) in [5.41, 5.74) is -0.994. The Bertz CT molecular complexity index is 661. The molecule has 0 aliphatic heterocycles. The van der Waals surface area contributed by atoms with Gasteiger partial charge < -0.3 is 4.55 Å². The van der Waals surface area contributed by atoms with E-state index in [1.54, 1.807) is 6.92 Å². The van der Waals surface area contributed by atoms with Crippen LogP contribution in [-0.4, -0.2) is 48.1 Å². The predicted molar refractivity (Wildman–Crippen MR) is 104 cm³/mol. The first-order valence-electron chi connectivity index (χ1n) is 9.38. The normalized spacial score (nSPS) is 33.4. The molecule has 0 aromatic rings. The van der Waals surface area contributed by atoms with Gasteiger partial charge in [0.05, 0.1) is 12.5 Å². The highest BCUT2D eigenvalue weighted by atomic mass is 32.2. The average molecular weight is 405 g/mol. The molecule has 7 heteroatoms. The molecule has 0 heterocycles. The Labute approximate surface area is 160 Å². The number of rotatable bonds is 4. The minimum Gasteiger partial charge on any atom is -0.747 e. The number of hydrogen-bond acceptors (Lipinski definition) is 5. The number of carbonyl (C=O) groups is 2. The van der Waals surface area contributed by atoms with Crippen LogP contribution in [-0.2, 0) is 30.6 Å². The van der Waals surface area contributed by atoms with Crippen LogP contribution < -0.4 is 0 Å². The standard InChI is InChI=1S/C10H16O4S.C9H17OS/c1-9(2)6-4-5-10(9,3)8(11)7(6)15(12,13)14;1-11(2)7-9(10)8-5-3-4-6-8/h6-7H,4-5H2,1-3H3,(H,12,13,14);8H,3-7H2,1-2H3/q;+1/p-1. The lowest BCUT2D eigenvalue weighted by atomic mass is 9.70. The second-order valence-electron chi connectivity index (χ2n) is 9.05. The van der Waals surface area contributed by atoms with Crippen molar-refractivity contribution >= 4 is 32.6 Å². The summed E-state index contributed by atoms with van der Waals surface area (Å²) in [6, 6.07) is 0. The Hall–Kier alpha value is -0.400. The van der Waals surface area contributed by atoms with Gasteiger partial charge in [0.25, 0.3) is 0 Å². The molecule has 5 nitrogen and oxygen atoms in total. The van der Waals surface area contributed by atoms with Gasteiger partial charge in [0, 0.05) is 11.3 Å². The second kappa shape index (κ2) is 7.55. The summed E-state index contributed by atoms with van der Waals surface area (Å²) in [7, 11) is -4.18. The van der Waals surface area contributed by atoms with Crippen molar-refractivity contribution in [3.8, 4) is 0 Å². The maximum Gasteiger partial charge on any atom is 0.184 e. The van der Waals surface area contributed by atoms with Crippen molar-refractivity contribution in [2.75, 3.05) is 18.3 Å². The average Bonchev–Trinajstić information content (AvgIpc) is 3.12. The first-order chi connectivity index (χ1) is 11.8. The van der Waals surface area contributed by atoms with Crippen molar-refractivity contribution in [1.29, 1.82) is 0 Å². The molecule has 0 N–H and O–H groups in total. The van der Waals surface area contributed by atoms with Gasteiger partial charge in [0.1, 0.15) is 15.4 Å². The number of hydrogen-bond donors (Lipinski definition) is 0. The SMILES string of the molecule is CC12CCC(C(S(=O)(=O)[O-])C1=O)C2(C)C.C[S+](C)CC(=O)C1CCCC1. The van der Waals surface area contributed by atoms with Gasteiger partial charge in [-0.25, -0.2) is 8.42 Å². The van der Waals surface area contributed by atoms with Gasteiger partial charge in [-0.2, -0.15) is 0 Å². The summed E-state index contributed by atoms with van der Waals surface area (Å²) in [4.78, 5) is 23.4. The third kappa shape index (κ3) is 3.90. The molecule has 3 fully saturated rings. The van der Waals surface area contributed by atoms with E-state index in [4.69, 9.17) is 0 Å². The molecule has 0 amide bonds. The van der Waals surface area contributed by atoms with Crippen LogP contribution in [0.1, 0.15) is 59.3 Å². The summed E-state index contributed by atoms with van der Waals surface area (Å²) >= 11 is 0. The molecular formula is C19H32O5S2. The Morgan fingerprint density at radius 3 is 2.04 bits per heavy atom. The summed E-state index contributed by atoms with van der Waals surface area (Å²) < 4.78 is 33.3. The van der Waals surface area contributed by atoms with Crippen LogP contribution >= 0.6 is 0 Å². The van der Waals surface area contributed by atoms with Gasteiger partial charge in [-0.1, -0.05) is 33.6 Å². The molecule has 3 unspecified atom stereocenters. The zero-order valence-corrected chi connectivity index (χ0v) is 18.2. The molecule has 0 aromatic carbocycles. The van der Waals surface area contributed by atoms with E-state index >= 15 is 0 Å². The molecule has 0 spiro atoms. The summed E-state index contributed by atoms with van der Waals surface area (Å²) in [6.07, 6.45) is 10.5. The van der Waals surface area contributed by atoms with Crippen molar-refractivity contribution < 1.29 is 22.6 Å². The summed E-state index contributed by atoms with van der Waals surface area (Å²) in [5.74, 6) is 1.13. The van der Waals surface area contributed by atoms with Crippen molar-refractivity contribution in [3.05, 3.63) is 0 Å². The van der Waals surface area contributed by atoms with E-state index in [0.29, 0.717) is 35.4 Å². The minimum absolute atomic E-state index is 0.294. The topological polar surface area (TPSA) is 91.3 Å². The molecule has 150 valence electrons. The maximum atomic E-state index is 12.0. The zero-order valence-electron chi connectivity index (χ0n) is 16.5. The first kappa shape index (κ1) is 21.9. The van der Waals surface area contributed by atoms with E-state index in [1.807, 2.05) is 13.8 Å². The second-order valence-corrected chi connectivity index (χ2v) is 12.8. The molecule has 0 saturated heterocycles. The Morgan fingerprint density at radius 2 is 1.69 bits per heavy atom. The molecule has 3 saturated carbocycles. The summed E-state index contributed by atoms with van der Waals surface area (Å²) in [5, 5.41) is -1.30. The molecule has 3 rings (SSSR count). The van der Waals surface area contributed by atoms with Crippen LogP contribution in [0.15, 0.2) is 0 Å². The zero-order chi connectivity index (χ0) is 19.9. The lowest BCUT2D eigenvalue weighted by Crippen LogP contribution is -2.38. The van der Waals surface area contributed by atoms with Crippen LogP contribution in [0.3, 0.4) is 0 Å². The molecule has 3 aliphatic carbocycles. The molecule has 2 bridgehead atoms. The van der Waals surface area contributed by atoms with Gasteiger partial charge in [0.2, 0.25) is 0 Å². The van der Waals surface area contributed by atoms with Crippen LogP contribution in [0.4, 0.5) is 0 Å². The molecule has 0 radical (unpaired) electrons. The molecular weight excluding hydrogens is 372 g/mol. The van der Waals surface area contributed by atoms with Gasteiger partial charge >= 0.3 is 0 Å². The van der Waals surface area contributed by atoms with Crippen molar-refractivity contribution in [2.45, 2.75) is 64.5 Å². The highest BCUT2D eigenvalue weighted by Gasteiger charge is 2.67. The molecule has 26 heavy (non-hydrogen) atoms. The lowest BCUT2D eigenvalue weighted by molar-refractivity contribution is -0.128. The predicted octanol–water partition coefficient (Wildman–Crippen LogP) is 2.55. The maximum absolute atomic E-state index is 12.0. The fourth-order valence-corrected chi connectivity index (χ4v) is 7.19. The largest absolute Gasteiger partial charge is 0.747 e. The van der Waals surface area contributed by atoms with E-state index in [1.165, 1.54) is 12.8 Å². The first-order valence-corrected chi connectivity index (χ1v) is 13.1. The number of ketones is 2. The fraction of sp³-hybridized carbons (Fsp3) is 0.895. The van der Waals surface area contributed by atoms with Crippen molar-refractivity contribution in [3.63, 3.8) is 0 Å². The van der Waals surface area contributed by atoms with E-state index in [0.717, 1.165) is 18.6 Å². The van der Waals surface area contributed by atoms with E-state index in [-0.39, 0.29) is 17.1 Å². The number of fused-ring (bicyclic) bond motifs is 2. The van der Waals surface area contributed by atoms with Crippen molar-refractivity contribution in [1.82, 2.24) is 0 Å². The molecule has 3 aliphatic rings. The van der Waals surface area contributed by atoms with Crippen LogP contribution in [0.2, 0.25) is 0 Å². The quantitative estimate of drug-likeness (QED) is 0.530. The minimum atomic E-state index is -4.49. The Balaban J connectivity index is 0.000000197. The van der Waals surface area contributed by atoms with Crippen LogP contribution in [0.5, 0.6) is 0 Å². The monoisotopic (exact) mass is 404 g/mol. The third-order valence-corrected chi connectivity index (χ3v) is 9.05. The van der Waals surface area contributed by atoms with Gasteiger partial charge in [-0.15, -0.1) is 0 Å². The van der Waals surface area contributed by atoms with Crippen molar-refractivity contribution in [2.24, 2.45) is 22.7 Å². The summed E-state index contributed by atoms with van der Waals surface area (Å²) in [6.45, 7) is 5.59. The lowest BCUT2D eigenvalue weighted by Gasteiger charge is -2.32. The van der Waals surface area contributed by atoms with E-state index in [2.05, 4.69) is 12.5 Å². The van der Waals surface area contributed by atoms with Crippen LogP contribution in [0, 0.1) is 22.7 Å². The van der Waals surface area contributed by atoms with Crippen LogP contribution in [0.25, 0.3) is 0 Å². The number of Topliss-reactive ketones (excluding diaryl/α,β-unsaturated/α-hetero) is 2. The highest BCUT2D eigenvalue weighted by molar-refractivity contribution is 7.96. The van der Waals surface area contributed by atoms with Gasteiger partial charge in [0.15, 0.2) is 17.3 Å². The van der Waals surface area contributed by atoms with E-state index in [9.17, 15) is 22.6 Å². The Morgan fingerprint density at radius 1 is 1.15 bits per heavy atom. The molecule has 0 aromatic heterocycles. The Kier molecular flexibility index (Phi) is 6.36. The highest BCUT2D eigenvalue weighted by Crippen LogP contribution is 2.64. The van der Waals surface area contributed by atoms with Gasteiger partial charge in [-0.05, 0) is 47.9 Å². The third-order valence-electron chi connectivity index (χ3n) is 7.02. The fourth-order valence-electron chi connectivity index (χ4n) is 4.99.